The first kappa shape index (κ1) is 21.6. The van der Waals surface area contributed by atoms with Crippen molar-refractivity contribution in [1.82, 2.24) is 0 Å². The van der Waals surface area contributed by atoms with Crippen molar-refractivity contribution < 1.29 is 15.0 Å². The summed E-state index contributed by atoms with van der Waals surface area (Å²) in [4.78, 5) is 10.4. The molecule has 0 aromatic carbocycles. The smallest absolute Gasteiger partial charge is 0.332 e. The fraction of sp³-hybridized carbons (Fsp3) is 0.650. The van der Waals surface area contributed by atoms with Crippen LogP contribution in [0.15, 0.2) is 36.5 Å². The number of allylic oxidation sites excluding steroid dienone is 6. The molecule has 0 rings (SSSR count). The summed E-state index contributed by atoms with van der Waals surface area (Å²) in [6.07, 6.45) is 23.4. The van der Waals surface area contributed by atoms with Gasteiger partial charge in [0.15, 0.2) is 6.10 Å². The van der Waals surface area contributed by atoms with E-state index in [4.69, 9.17) is 10.2 Å². The molecule has 0 aromatic heterocycles. The molecule has 0 saturated carbocycles. The normalized spacial score (nSPS) is 13.5. The van der Waals surface area contributed by atoms with Crippen LogP contribution in [-0.4, -0.2) is 22.3 Å². The van der Waals surface area contributed by atoms with Crippen LogP contribution in [0.5, 0.6) is 0 Å². The van der Waals surface area contributed by atoms with Crippen molar-refractivity contribution in [3.63, 3.8) is 0 Å². The topological polar surface area (TPSA) is 57.5 Å². The van der Waals surface area contributed by atoms with E-state index in [2.05, 4.69) is 31.2 Å². The summed E-state index contributed by atoms with van der Waals surface area (Å²) in [5.41, 5.74) is 0. The minimum absolute atomic E-state index is 0.277. The zero-order chi connectivity index (χ0) is 17.2. The van der Waals surface area contributed by atoms with Gasteiger partial charge in [0.25, 0.3) is 0 Å². The minimum atomic E-state index is -1.24. The van der Waals surface area contributed by atoms with Gasteiger partial charge in [-0.3, -0.25) is 0 Å². The monoisotopic (exact) mass is 322 g/mol. The summed E-state index contributed by atoms with van der Waals surface area (Å²) in [5.74, 6) is -1.15. The van der Waals surface area contributed by atoms with Crippen molar-refractivity contribution in [2.75, 3.05) is 0 Å². The lowest BCUT2D eigenvalue weighted by Crippen LogP contribution is -2.18. The Balaban J connectivity index is 3.38. The highest BCUT2D eigenvalue weighted by Crippen LogP contribution is 2.06. The molecule has 0 aromatic rings. The number of carboxylic acid groups (broad SMARTS) is 1. The number of aliphatic carboxylic acids is 1. The number of carboxylic acids is 1. The first-order chi connectivity index (χ1) is 11.2. The predicted octanol–water partition coefficient (Wildman–Crippen LogP) is 5.41. The van der Waals surface area contributed by atoms with Gasteiger partial charge >= 0.3 is 5.97 Å². The van der Waals surface area contributed by atoms with Crippen LogP contribution in [0.4, 0.5) is 0 Å². The van der Waals surface area contributed by atoms with E-state index in [0.717, 1.165) is 19.3 Å². The molecule has 0 aliphatic carbocycles. The third kappa shape index (κ3) is 16.8. The second-order valence-electron chi connectivity index (χ2n) is 5.86. The molecule has 2 N–H and O–H groups in total. The second-order valence-corrected chi connectivity index (χ2v) is 5.86. The Bertz CT molecular complexity index is 356. The molecular weight excluding hydrogens is 288 g/mol. The first-order valence-corrected chi connectivity index (χ1v) is 9.04. The maximum absolute atomic E-state index is 10.4. The maximum atomic E-state index is 10.4. The number of rotatable bonds is 15. The van der Waals surface area contributed by atoms with Crippen molar-refractivity contribution in [2.24, 2.45) is 0 Å². The number of carbonyl (C=O) groups is 1. The van der Waals surface area contributed by atoms with Crippen LogP contribution < -0.4 is 0 Å². The molecule has 23 heavy (non-hydrogen) atoms. The van der Waals surface area contributed by atoms with Gasteiger partial charge in [-0.1, -0.05) is 69.1 Å². The molecule has 3 heteroatoms. The van der Waals surface area contributed by atoms with Crippen LogP contribution in [0, 0.1) is 0 Å². The Morgan fingerprint density at radius 1 is 0.826 bits per heavy atom. The van der Waals surface area contributed by atoms with E-state index in [-0.39, 0.29) is 6.42 Å². The van der Waals surface area contributed by atoms with E-state index in [0.29, 0.717) is 6.42 Å². The lowest BCUT2D eigenvalue weighted by molar-refractivity contribution is -0.146. The average molecular weight is 322 g/mol. The Morgan fingerprint density at radius 2 is 1.39 bits per heavy atom. The van der Waals surface area contributed by atoms with Crippen molar-refractivity contribution in [3.05, 3.63) is 36.5 Å². The molecule has 0 bridgehead atoms. The molecule has 0 aliphatic heterocycles. The van der Waals surface area contributed by atoms with Crippen molar-refractivity contribution in [2.45, 2.75) is 83.7 Å². The number of hydrogen-bond acceptors (Lipinski definition) is 2. The number of hydrogen-bond donors (Lipinski definition) is 2. The number of aliphatic hydroxyl groups is 1. The van der Waals surface area contributed by atoms with Gasteiger partial charge in [-0.05, 0) is 44.9 Å². The highest BCUT2D eigenvalue weighted by Gasteiger charge is 2.10. The summed E-state index contributed by atoms with van der Waals surface area (Å²) in [7, 11) is 0. The molecular formula is C20H34O3. The first-order valence-electron chi connectivity index (χ1n) is 9.04. The molecule has 1 atom stereocenters. The molecule has 0 aliphatic rings. The number of aliphatic hydroxyl groups excluding tert-OH is 1. The van der Waals surface area contributed by atoms with Gasteiger partial charge in [-0.2, -0.15) is 0 Å². The van der Waals surface area contributed by atoms with Gasteiger partial charge in [0.1, 0.15) is 0 Å². The fourth-order valence-electron chi connectivity index (χ4n) is 2.18. The summed E-state index contributed by atoms with van der Waals surface area (Å²) in [6.45, 7) is 2.24. The summed E-state index contributed by atoms with van der Waals surface area (Å²) < 4.78 is 0. The minimum Gasteiger partial charge on any atom is -0.479 e. The molecule has 3 nitrogen and oxygen atoms in total. The molecule has 0 spiro atoms. The van der Waals surface area contributed by atoms with E-state index >= 15 is 0 Å². The third-order valence-electron chi connectivity index (χ3n) is 3.64. The van der Waals surface area contributed by atoms with Gasteiger partial charge in [0.2, 0.25) is 0 Å². The largest absolute Gasteiger partial charge is 0.479 e. The SMILES string of the molecule is CCCCCCC/C=C/CC/C=C/C/C=C/CCC(O)C(=O)O. The van der Waals surface area contributed by atoms with Gasteiger partial charge in [0.05, 0.1) is 0 Å². The Labute approximate surface area is 141 Å². The Hall–Kier alpha value is -1.35. The zero-order valence-electron chi connectivity index (χ0n) is 14.6. The molecule has 0 fully saturated rings. The van der Waals surface area contributed by atoms with Crippen LogP contribution in [0.2, 0.25) is 0 Å². The fourth-order valence-corrected chi connectivity index (χ4v) is 2.18. The van der Waals surface area contributed by atoms with Crippen LogP contribution in [0.25, 0.3) is 0 Å². The van der Waals surface area contributed by atoms with Crippen molar-refractivity contribution in [1.29, 1.82) is 0 Å². The van der Waals surface area contributed by atoms with E-state index < -0.39 is 12.1 Å². The Kier molecular flexibility index (Phi) is 16.0. The standard InChI is InChI=1S/C20H34O3/c1-2-3-4-5-6-7-8-9-10-11-12-13-14-15-16-17-18-19(21)20(22)23/h8-9,12-13,15-16,19,21H,2-7,10-11,14,17-18H2,1H3,(H,22,23)/b9-8+,13-12+,16-15+. The van der Waals surface area contributed by atoms with Crippen LogP contribution in [0.1, 0.15) is 77.6 Å². The highest BCUT2D eigenvalue weighted by atomic mass is 16.4. The van der Waals surface area contributed by atoms with E-state index in [1.807, 2.05) is 12.2 Å². The predicted molar refractivity (Wildman–Crippen MR) is 97.5 cm³/mol. The summed E-state index contributed by atoms with van der Waals surface area (Å²) >= 11 is 0. The maximum Gasteiger partial charge on any atom is 0.332 e. The van der Waals surface area contributed by atoms with Crippen molar-refractivity contribution >= 4 is 5.97 Å². The molecule has 1 unspecified atom stereocenters. The highest BCUT2D eigenvalue weighted by molar-refractivity contribution is 5.71. The van der Waals surface area contributed by atoms with Gasteiger partial charge < -0.3 is 10.2 Å². The van der Waals surface area contributed by atoms with Crippen LogP contribution in [-0.2, 0) is 4.79 Å². The second kappa shape index (κ2) is 17.0. The van der Waals surface area contributed by atoms with Gasteiger partial charge in [0, 0.05) is 0 Å². The molecule has 132 valence electrons. The van der Waals surface area contributed by atoms with E-state index in [1.165, 1.54) is 38.5 Å². The lowest BCUT2D eigenvalue weighted by Gasteiger charge is -2.00. The van der Waals surface area contributed by atoms with Crippen molar-refractivity contribution in [3.8, 4) is 0 Å². The summed E-state index contributed by atoms with van der Waals surface area (Å²) in [6, 6.07) is 0. The van der Waals surface area contributed by atoms with E-state index in [9.17, 15) is 4.79 Å². The Morgan fingerprint density at radius 3 is 2.04 bits per heavy atom. The van der Waals surface area contributed by atoms with Crippen LogP contribution in [0.3, 0.4) is 0 Å². The quantitative estimate of drug-likeness (QED) is 0.313. The zero-order valence-corrected chi connectivity index (χ0v) is 14.6. The molecule has 0 saturated heterocycles. The molecule has 0 heterocycles. The number of unbranched alkanes of at least 4 members (excludes halogenated alkanes) is 6. The van der Waals surface area contributed by atoms with Crippen LogP contribution >= 0.6 is 0 Å². The average Bonchev–Trinajstić information content (AvgIpc) is 2.54. The summed E-state index contributed by atoms with van der Waals surface area (Å²) in [5, 5.41) is 17.6. The third-order valence-corrected chi connectivity index (χ3v) is 3.64. The molecule has 0 amide bonds. The molecule has 0 radical (unpaired) electrons. The van der Waals surface area contributed by atoms with Gasteiger partial charge in [-0.25, -0.2) is 4.79 Å². The van der Waals surface area contributed by atoms with E-state index in [1.54, 1.807) is 0 Å². The van der Waals surface area contributed by atoms with Gasteiger partial charge in [-0.15, -0.1) is 0 Å². The lowest BCUT2D eigenvalue weighted by atomic mass is 10.1.